The highest BCUT2D eigenvalue weighted by atomic mass is 16.5. The number of rotatable bonds is 4. The first kappa shape index (κ1) is 14.6. The van der Waals surface area contributed by atoms with Gasteiger partial charge in [0, 0.05) is 24.5 Å². The highest BCUT2D eigenvalue weighted by Gasteiger charge is 2.33. The number of hydrogen-bond donors (Lipinski definition) is 0. The average molecular weight is 323 g/mol. The van der Waals surface area contributed by atoms with E-state index >= 15 is 0 Å². The Kier molecular flexibility index (Phi) is 3.82. The van der Waals surface area contributed by atoms with Crippen LogP contribution in [0.1, 0.15) is 24.8 Å². The van der Waals surface area contributed by atoms with Crippen molar-refractivity contribution < 1.29 is 9.26 Å². The topological polar surface area (TPSA) is 77.2 Å². The van der Waals surface area contributed by atoms with Gasteiger partial charge in [-0.1, -0.05) is 35.5 Å². The fourth-order valence-corrected chi connectivity index (χ4v) is 3.01. The van der Waals surface area contributed by atoms with Crippen molar-refractivity contribution in [2.75, 3.05) is 18.6 Å². The van der Waals surface area contributed by atoms with Crippen molar-refractivity contribution in [3.8, 4) is 17.3 Å². The van der Waals surface area contributed by atoms with Crippen LogP contribution < -0.4 is 9.64 Å². The average Bonchev–Trinajstić information content (AvgIpc) is 3.31. The van der Waals surface area contributed by atoms with Crippen LogP contribution in [0.4, 0.5) is 5.82 Å². The van der Waals surface area contributed by atoms with Crippen molar-refractivity contribution in [1.29, 1.82) is 0 Å². The van der Waals surface area contributed by atoms with E-state index in [4.69, 9.17) is 9.26 Å². The molecular weight excluding hydrogens is 306 g/mol. The Morgan fingerprint density at radius 2 is 2.00 bits per heavy atom. The molecule has 1 unspecified atom stereocenters. The van der Waals surface area contributed by atoms with Gasteiger partial charge in [-0.05, 0) is 12.8 Å². The standard InChI is InChI=1S/C17H17N5O2/c1-23-17-15(18-9-10-19-17)22-11-5-8-13(22)16-20-14(21-24-16)12-6-3-2-4-7-12/h2-4,6-7,9-10,13H,5,8,11H2,1H3. The summed E-state index contributed by atoms with van der Waals surface area (Å²) in [7, 11) is 1.60. The quantitative estimate of drug-likeness (QED) is 0.730. The summed E-state index contributed by atoms with van der Waals surface area (Å²) in [4.78, 5) is 15.4. The van der Waals surface area contributed by atoms with E-state index in [0.29, 0.717) is 23.4 Å². The number of hydrogen-bond acceptors (Lipinski definition) is 7. The second-order valence-electron chi connectivity index (χ2n) is 5.56. The number of methoxy groups -OCH3 is 1. The first-order valence-electron chi connectivity index (χ1n) is 7.87. The van der Waals surface area contributed by atoms with E-state index in [1.165, 1.54) is 0 Å². The fourth-order valence-electron chi connectivity index (χ4n) is 3.01. The molecule has 2 aromatic heterocycles. The summed E-state index contributed by atoms with van der Waals surface area (Å²) >= 11 is 0. The predicted molar refractivity (Wildman–Crippen MR) is 87.6 cm³/mol. The molecule has 3 aromatic rings. The number of benzene rings is 1. The van der Waals surface area contributed by atoms with Gasteiger partial charge in [-0.2, -0.15) is 4.98 Å². The molecule has 0 spiro atoms. The Morgan fingerprint density at radius 3 is 2.83 bits per heavy atom. The summed E-state index contributed by atoms with van der Waals surface area (Å²) in [6.07, 6.45) is 5.23. The molecule has 1 saturated heterocycles. The Balaban J connectivity index is 1.65. The van der Waals surface area contributed by atoms with Crippen molar-refractivity contribution >= 4 is 5.82 Å². The van der Waals surface area contributed by atoms with E-state index in [1.54, 1.807) is 19.5 Å². The lowest BCUT2D eigenvalue weighted by molar-refractivity contribution is 0.352. The lowest BCUT2D eigenvalue weighted by Gasteiger charge is -2.23. The molecule has 3 heterocycles. The summed E-state index contributed by atoms with van der Waals surface area (Å²) in [6.45, 7) is 0.850. The van der Waals surface area contributed by atoms with E-state index in [1.807, 2.05) is 30.3 Å². The largest absolute Gasteiger partial charge is 0.478 e. The van der Waals surface area contributed by atoms with E-state index < -0.39 is 0 Å². The van der Waals surface area contributed by atoms with Gasteiger partial charge in [-0.25, -0.2) is 9.97 Å². The number of ether oxygens (including phenoxy) is 1. The molecular formula is C17H17N5O2. The van der Waals surface area contributed by atoms with Gasteiger partial charge in [0.1, 0.15) is 6.04 Å². The maximum Gasteiger partial charge on any atom is 0.257 e. The molecule has 122 valence electrons. The van der Waals surface area contributed by atoms with Crippen LogP contribution >= 0.6 is 0 Å². The minimum absolute atomic E-state index is 0.0134. The molecule has 1 aliphatic rings. The maximum atomic E-state index is 5.54. The van der Waals surface area contributed by atoms with Crippen molar-refractivity contribution in [3.05, 3.63) is 48.6 Å². The second kappa shape index (κ2) is 6.27. The molecule has 1 atom stereocenters. The highest BCUT2D eigenvalue weighted by Crippen LogP contribution is 2.38. The zero-order valence-corrected chi connectivity index (χ0v) is 13.3. The second-order valence-corrected chi connectivity index (χ2v) is 5.56. The van der Waals surface area contributed by atoms with Crippen LogP contribution in [0.2, 0.25) is 0 Å². The summed E-state index contributed by atoms with van der Waals surface area (Å²) in [5.74, 6) is 2.41. The minimum atomic E-state index is -0.0134. The molecule has 7 heteroatoms. The van der Waals surface area contributed by atoms with Crippen LogP contribution in [-0.2, 0) is 0 Å². The first-order chi connectivity index (χ1) is 11.9. The van der Waals surface area contributed by atoms with Gasteiger partial charge in [0.25, 0.3) is 5.88 Å². The van der Waals surface area contributed by atoms with Gasteiger partial charge in [-0.3, -0.25) is 0 Å². The van der Waals surface area contributed by atoms with Gasteiger partial charge in [0.15, 0.2) is 5.82 Å². The molecule has 0 amide bonds. The lowest BCUT2D eigenvalue weighted by atomic mass is 10.2. The molecule has 1 fully saturated rings. The Morgan fingerprint density at radius 1 is 1.17 bits per heavy atom. The first-order valence-corrected chi connectivity index (χ1v) is 7.87. The van der Waals surface area contributed by atoms with E-state index in [-0.39, 0.29) is 6.04 Å². The van der Waals surface area contributed by atoms with Crippen LogP contribution in [0.15, 0.2) is 47.2 Å². The monoisotopic (exact) mass is 323 g/mol. The van der Waals surface area contributed by atoms with Crippen LogP contribution in [0.3, 0.4) is 0 Å². The Bertz CT molecular complexity index is 821. The fraction of sp³-hybridized carbons (Fsp3) is 0.294. The molecule has 0 aliphatic carbocycles. The van der Waals surface area contributed by atoms with Crippen LogP contribution in [0.25, 0.3) is 11.4 Å². The third-order valence-corrected chi connectivity index (χ3v) is 4.12. The maximum absolute atomic E-state index is 5.54. The summed E-state index contributed by atoms with van der Waals surface area (Å²) in [5.41, 5.74) is 0.939. The zero-order valence-electron chi connectivity index (χ0n) is 13.3. The smallest absolute Gasteiger partial charge is 0.257 e. The van der Waals surface area contributed by atoms with Gasteiger partial charge in [0.05, 0.1) is 7.11 Å². The predicted octanol–water partition coefficient (Wildman–Crippen LogP) is 2.88. The van der Waals surface area contributed by atoms with Crippen molar-refractivity contribution in [1.82, 2.24) is 20.1 Å². The lowest BCUT2D eigenvalue weighted by Crippen LogP contribution is -2.24. The zero-order chi connectivity index (χ0) is 16.4. The van der Waals surface area contributed by atoms with Crippen LogP contribution in [0, 0.1) is 0 Å². The molecule has 0 bridgehead atoms. The van der Waals surface area contributed by atoms with Crippen molar-refractivity contribution in [3.63, 3.8) is 0 Å². The SMILES string of the molecule is COc1nccnc1N1CCCC1c1nc(-c2ccccc2)no1. The molecule has 1 aliphatic heterocycles. The molecule has 0 N–H and O–H groups in total. The number of anilines is 1. The molecule has 1 aromatic carbocycles. The number of aromatic nitrogens is 4. The summed E-state index contributed by atoms with van der Waals surface area (Å²) < 4.78 is 10.9. The van der Waals surface area contributed by atoms with Gasteiger partial charge in [0.2, 0.25) is 11.7 Å². The Hall–Kier alpha value is -2.96. The minimum Gasteiger partial charge on any atom is -0.478 e. The van der Waals surface area contributed by atoms with Crippen molar-refractivity contribution in [2.24, 2.45) is 0 Å². The van der Waals surface area contributed by atoms with Crippen LogP contribution in [0.5, 0.6) is 5.88 Å². The molecule has 4 rings (SSSR count). The normalized spacial score (nSPS) is 17.2. The molecule has 0 radical (unpaired) electrons. The summed E-state index contributed by atoms with van der Waals surface area (Å²) in [5, 5.41) is 4.12. The third-order valence-electron chi connectivity index (χ3n) is 4.12. The van der Waals surface area contributed by atoms with E-state index in [0.717, 1.165) is 24.9 Å². The van der Waals surface area contributed by atoms with E-state index in [2.05, 4.69) is 25.0 Å². The van der Waals surface area contributed by atoms with Crippen molar-refractivity contribution in [2.45, 2.75) is 18.9 Å². The Labute approximate surface area is 139 Å². The number of nitrogens with zero attached hydrogens (tertiary/aromatic N) is 5. The van der Waals surface area contributed by atoms with Gasteiger partial charge in [-0.15, -0.1) is 0 Å². The molecule has 7 nitrogen and oxygen atoms in total. The molecule has 0 saturated carbocycles. The van der Waals surface area contributed by atoms with Crippen LogP contribution in [-0.4, -0.2) is 33.8 Å². The third kappa shape index (κ3) is 2.58. The van der Waals surface area contributed by atoms with Gasteiger partial charge < -0.3 is 14.2 Å². The summed E-state index contributed by atoms with van der Waals surface area (Å²) in [6, 6.07) is 9.79. The van der Waals surface area contributed by atoms with Gasteiger partial charge >= 0.3 is 0 Å². The highest BCUT2D eigenvalue weighted by molar-refractivity contribution is 5.54. The molecule has 24 heavy (non-hydrogen) atoms. The van der Waals surface area contributed by atoms with E-state index in [9.17, 15) is 0 Å².